The van der Waals surface area contributed by atoms with E-state index in [1.807, 2.05) is 27.3 Å². The van der Waals surface area contributed by atoms with Crippen LogP contribution in [0.15, 0.2) is 36.2 Å². The van der Waals surface area contributed by atoms with Crippen LogP contribution in [0.2, 0.25) is 0 Å². The van der Waals surface area contributed by atoms with E-state index < -0.39 is 0 Å². The highest BCUT2D eigenvalue weighted by molar-refractivity contribution is 5.58. The molecule has 1 aliphatic rings. The molecule has 0 amide bonds. The van der Waals surface area contributed by atoms with Crippen molar-refractivity contribution < 1.29 is 4.84 Å². The fourth-order valence-electron chi connectivity index (χ4n) is 1.81. The molecule has 0 spiro atoms. The molecule has 3 nitrogen and oxygen atoms in total. The summed E-state index contributed by atoms with van der Waals surface area (Å²) in [5.74, 6) is 0.973. The normalized spacial score (nSPS) is 14.9. The molecule has 15 heavy (non-hydrogen) atoms. The second-order valence-corrected chi connectivity index (χ2v) is 3.92. The smallest absolute Gasteiger partial charge is 0.145 e. The maximum absolute atomic E-state index is 5.57. The van der Waals surface area contributed by atoms with Crippen molar-refractivity contribution in [2.45, 2.75) is 6.42 Å². The molecule has 0 unspecified atom stereocenters. The molecule has 0 saturated heterocycles. The van der Waals surface area contributed by atoms with Gasteiger partial charge in [0.15, 0.2) is 0 Å². The Morgan fingerprint density at radius 3 is 2.73 bits per heavy atom. The number of rotatable bonds is 2. The monoisotopic (exact) mass is 204 g/mol. The van der Waals surface area contributed by atoms with Crippen LogP contribution in [0, 0.1) is 0 Å². The molecule has 80 valence electrons. The van der Waals surface area contributed by atoms with Crippen molar-refractivity contribution >= 4 is 5.69 Å². The van der Waals surface area contributed by atoms with Crippen LogP contribution >= 0.6 is 0 Å². The fourth-order valence-corrected chi connectivity index (χ4v) is 1.81. The summed E-state index contributed by atoms with van der Waals surface area (Å²) in [5.41, 5.74) is 2.56. The second kappa shape index (κ2) is 3.95. The number of para-hydroxylation sites is 1. The molecule has 0 aromatic heterocycles. The molecule has 0 N–H and O–H groups in total. The van der Waals surface area contributed by atoms with Crippen molar-refractivity contribution in [3.8, 4) is 0 Å². The molecule has 0 fully saturated rings. The van der Waals surface area contributed by atoms with Crippen LogP contribution in [0.25, 0.3) is 0 Å². The van der Waals surface area contributed by atoms with Gasteiger partial charge in [-0.1, -0.05) is 18.2 Å². The van der Waals surface area contributed by atoms with E-state index in [4.69, 9.17) is 4.84 Å². The van der Waals surface area contributed by atoms with E-state index in [1.165, 1.54) is 11.3 Å². The standard InChI is InChI=1S/C12H16N2O/c1-13(2)15-11-8-10-6-4-5-7-12(10)14(3)9-11/h4-7,9H,8H2,1-3H3. The highest BCUT2D eigenvalue weighted by atomic mass is 16.7. The number of hydroxylamine groups is 2. The van der Waals surface area contributed by atoms with E-state index in [2.05, 4.69) is 29.2 Å². The van der Waals surface area contributed by atoms with Crippen molar-refractivity contribution in [2.24, 2.45) is 0 Å². The summed E-state index contributed by atoms with van der Waals surface area (Å²) in [6.07, 6.45) is 2.89. The topological polar surface area (TPSA) is 15.7 Å². The lowest BCUT2D eigenvalue weighted by molar-refractivity contribution is -0.0763. The van der Waals surface area contributed by atoms with E-state index in [-0.39, 0.29) is 0 Å². The first-order valence-corrected chi connectivity index (χ1v) is 5.03. The van der Waals surface area contributed by atoms with Crippen LogP contribution < -0.4 is 4.90 Å². The van der Waals surface area contributed by atoms with Crippen molar-refractivity contribution in [2.75, 3.05) is 26.0 Å². The maximum Gasteiger partial charge on any atom is 0.145 e. The van der Waals surface area contributed by atoms with Gasteiger partial charge in [0.05, 0.1) is 0 Å². The summed E-state index contributed by atoms with van der Waals surface area (Å²) in [5, 5.41) is 1.72. The Bertz CT molecular complexity index is 385. The molecule has 0 bridgehead atoms. The molecule has 1 aliphatic heterocycles. The van der Waals surface area contributed by atoms with E-state index >= 15 is 0 Å². The molecule has 0 atom stereocenters. The Kier molecular flexibility index (Phi) is 2.64. The molecule has 1 heterocycles. The Balaban J connectivity index is 2.24. The van der Waals surface area contributed by atoms with E-state index in [0.29, 0.717) is 0 Å². The van der Waals surface area contributed by atoms with Gasteiger partial charge in [0, 0.05) is 39.5 Å². The van der Waals surface area contributed by atoms with Gasteiger partial charge in [-0.3, -0.25) is 0 Å². The van der Waals surface area contributed by atoms with Gasteiger partial charge in [0.1, 0.15) is 5.76 Å². The first-order valence-electron chi connectivity index (χ1n) is 5.03. The lowest BCUT2D eigenvalue weighted by Gasteiger charge is -2.26. The number of hydrogen-bond acceptors (Lipinski definition) is 3. The summed E-state index contributed by atoms with van der Waals surface area (Å²) >= 11 is 0. The minimum atomic E-state index is 0.860. The lowest BCUT2D eigenvalue weighted by Crippen LogP contribution is -2.21. The van der Waals surface area contributed by atoms with Gasteiger partial charge in [0.2, 0.25) is 0 Å². The predicted octanol–water partition coefficient (Wildman–Crippen LogP) is 2.01. The zero-order valence-electron chi connectivity index (χ0n) is 9.40. The molecule has 0 saturated carbocycles. The van der Waals surface area contributed by atoms with Gasteiger partial charge >= 0.3 is 0 Å². The van der Waals surface area contributed by atoms with Crippen LogP contribution in [0.3, 0.4) is 0 Å². The van der Waals surface area contributed by atoms with Gasteiger partial charge in [-0.15, -0.1) is 0 Å². The lowest BCUT2D eigenvalue weighted by atomic mass is 10.1. The average molecular weight is 204 g/mol. The first-order chi connectivity index (χ1) is 7.16. The number of hydrogen-bond donors (Lipinski definition) is 0. The molecule has 0 radical (unpaired) electrons. The van der Waals surface area contributed by atoms with E-state index in [1.54, 1.807) is 5.06 Å². The summed E-state index contributed by atoms with van der Waals surface area (Å²) in [6.45, 7) is 0. The molecule has 3 heteroatoms. The van der Waals surface area contributed by atoms with E-state index in [9.17, 15) is 0 Å². The van der Waals surface area contributed by atoms with Crippen LogP contribution in [0.1, 0.15) is 5.56 Å². The van der Waals surface area contributed by atoms with E-state index in [0.717, 1.165) is 12.2 Å². The Hall–Kier alpha value is -1.48. The SMILES string of the molecule is CN(C)OC1=CN(C)c2ccccc2C1. The van der Waals surface area contributed by atoms with Crippen molar-refractivity contribution in [3.05, 3.63) is 41.8 Å². The summed E-state index contributed by atoms with van der Waals surface area (Å²) in [6, 6.07) is 8.38. The molecule has 1 aromatic rings. The maximum atomic E-state index is 5.57. The zero-order valence-corrected chi connectivity index (χ0v) is 9.40. The number of allylic oxidation sites excluding steroid dienone is 1. The fraction of sp³-hybridized carbons (Fsp3) is 0.333. The minimum absolute atomic E-state index is 0.860. The third-order valence-electron chi connectivity index (χ3n) is 2.37. The second-order valence-electron chi connectivity index (χ2n) is 3.92. The molecule has 1 aromatic carbocycles. The first kappa shape index (κ1) is 10.1. The Morgan fingerprint density at radius 1 is 1.27 bits per heavy atom. The number of nitrogens with zero attached hydrogens (tertiary/aromatic N) is 2. The van der Waals surface area contributed by atoms with Gasteiger partial charge in [-0.2, -0.15) is 5.06 Å². The highest BCUT2D eigenvalue weighted by Gasteiger charge is 2.15. The van der Waals surface area contributed by atoms with Crippen LogP contribution in [0.5, 0.6) is 0 Å². The largest absolute Gasteiger partial charge is 0.409 e. The summed E-state index contributed by atoms with van der Waals surface area (Å²) in [4.78, 5) is 7.67. The average Bonchev–Trinajstić information content (AvgIpc) is 2.16. The molecule has 2 rings (SSSR count). The zero-order chi connectivity index (χ0) is 10.8. The van der Waals surface area contributed by atoms with Gasteiger partial charge in [-0.05, 0) is 11.6 Å². The predicted molar refractivity (Wildman–Crippen MR) is 61.4 cm³/mol. The van der Waals surface area contributed by atoms with Crippen molar-refractivity contribution in [1.29, 1.82) is 0 Å². The minimum Gasteiger partial charge on any atom is -0.409 e. The number of benzene rings is 1. The van der Waals surface area contributed by atoms with Gasteiger partial charge in [0.25, 0.3) is 0 Å². The van der Waals surface area contributed by atoms with Crippen LogP contribution in [0.4, 0.5) is 5.69 Å². The number of anilines is 1. The summed E-state index contributed by atoms with van der Waals surface area (Å²) in [7, 11) is 5.82. The van der Waals surface area contributed by atoms with Crippen LogP contribution in [-0.4, -0.2) is 26.2 Å². The molecule has 0 aliphatic carbocycles. The quantitative estimate of drug-likeness (QED) is 0.685. The Morgan fingerprint density at radius 2 is 2.00 bits per heavy atom. The van der Waals surface area contributed by atoms with Crippen LogP contribution in [-0.2, 0) is 11.3 Å². The molecular weight excluding hydrogens is 188 g/mol. The van der Waals surface area contributed by atoms with Crippen molar-refractivity contribution in [3.63, 3.8) is 0 Å². The van der Waals surface area contributed by atoms with Gasteiger partial charge in [-0.25, -0.2) is 0 Å². The Labute approximate surface area is 90.5 Å². The number of fused-ring (bicyclic) bond motifs is 1. The summed E-state index contributed by atoms with van der Waals surface area (Å²) < 4.78 is 0. The molecular formula is C12H16N2O. The van der Waals surface area contributed by atoms with Gasteiger partial charge < -0.3 is 9.74 Å². The highest BCUT2D eigenvalue weighted by Crippen LogP contribution is 2.27. The van der Waals surface area contributed by atoms with Crippen molar-refractivity contribution in [1.82, 2.24) is 5.06 Å². The third kappa shape index (κ3) is 2.13. The third-order valence-corrected chi connectivity index (χ3v) is 2.37.